The van der Waals surface area contributed by atoms with Crippen molar-refractivity contribution in [1.29, 1.82) is 0 Å². The van der Waals surface area contributed by atoms with Gasteiger partial charge in [0.1, 0.15) is 132 Å². The summed E-state index contributed by atoms with van der Waals surface area (Å²) in [5.74, 6) is -4.20. The lowest BCUT2D eigenvalue weighted by atomic mass is 9.96. The van der Waals surface area contributed by atoms with Crippen LogP contribution >= 0.6 is 0 Å². The highest BCUT2D eigenvalue weighted by Gasteiger charge is 2.32. The van der Waals surface area contributed by atoms with Gasteiger partial charge in [0.15, 0.2) is 42.2 Å². The van der Waals surface area contributed by atoms with E-state index in [0.717, 1.165) is 146 Å². The van der Waals surface area contributed by atoms with Gasteiger partial charge < -0.3 is 22.1 Å². The van der Waals surface area contributed by atoms with E-state index in [1.807, 2.05) is 250 Å². The number of aromatic nitrogens is 5. The van der Waals surface area contributed by atoms with E-state index in [1.165, 1.54) is 48.0 Å². The first-order valence-corrected chi connectivity index (χ1v) is 44.0. The molecule has 0 unspecified atom stereocenters. The van der Waals surface area contributed by atoms with Crippen LogP contribution in [0.4, 0.5) is 39.5 Å². The highest BCUT2D eigenvalue weighted by Crippen LogP contribution is 2.48. The molecule has 0 N–H and O–H groups in total. The van der Waals surface area contributed by atoms with Crippen LogP contribution in [0.25, 0.3) is 188 Å². The molecule has 0 bridgehead atoms. The van der Waals surface area contributed by atoms with Crippen molar-refractivity contribution >= 4 is 110 Å². The molecule has 22 rings (SSSR count). The third kappa shape index (κ3) is 16.0. The first-order chi connectivity index (χ1) is 64.1. The van der Waals surface area contributed by atoms with Crippen LogP contribution < -0.4 is 22.8 Å². The predicted molar refractivity (Wildman–Crippen MR) is 514 cm³/mol. The molecule has 0 saturated heterocycles. The second kappa shape index (κ2) is 35.1. The minimum absolute atomic E-state index is 0.232. The van der Waals surface area contributed by atoms with Crippen LogP contribution in [0.2, 0.25) is 0 Å². The molecule has 0 aliphatic carbocycles. The molecule has 0 radical (unpaired) electrons. The molecule has 22 aromatic rings. The molecule has 12 aromatic carbocycles. The lowest BCUT2D eigenvalue weighted by molar-refractivity contribution is -0.660. The Bertz CT molecular complexity index is 8410. The maximum absolute atomic E-state index is 15.0. The van der Waals surface area contributed by atoms with E-state index in [-0.39, 0.29) is 45.8 Å². The van der Waals surface area contributed by atoms with Crippen molar-refractivity contribution in [3.63, 3.8) is 0 Å². The number of hydrogen-bond acceptors (Lipinski definition) is 5. The lowest BCUT2D eigenvalue weighted by Crippen LogP contribution is -2.30. The topological polar surface area (TPSA) is 85.1 Å². The Kier molecular flexibility index (Phi) is 23.4. The van der Waals surface area contributed by atoms with Crippen LogP contribution in [0.1, 0.15) is 72.3 Å². The van der Waals surface area contributed by atoms with Crippen molar-refractivity contribution in [3.05, 3.63) is 374 Å². The van der Waals surface area contributed by atoms with Gasteiger partial charge in [0.05, 0.1) is 60.5 Å². The Balaban J connectivity index is 0.000000112. The maximum atomic E-state index is 15.0. The summed E-state index contributed by atoms with van der Waals surface area (Å²) in [4.78, 5) is 0. The zero-order valence-electron chi connectivity index (χ0n) is 77.4. The minimum Gasteiger partial charge on any atom is -0.455 e. The predicted octanol–water partition coefficient (Wildman–Crippen LogP) is 29.0. The summed E-state index contributed by atoms with van der Waals surface area (Å²) >= 11 is 0. The van der Waals surface area contributed by atoms with E-state index < -0.39 is 23.3 Å². The Morgan fingerprint density at radius 3 is 1.02 bits per heavy atom. The molecule has 0 atom stereocenters. The van der Waals surface area contributed by atoms with E-state index in [2.05, 4.69) is 61.0 Å². The average molecular weight is 1800 g/mol. The van der Waals surface area contributed by atoms with Crippen LogP contribution in [0.15, 0.2) is 271 Å². The molecule has 10 nitrogen and oxygen atoms in total. The molecule has 0 saturated carbocycles. The number of furan rings is 5. The Morgan fingerprint density at radius 1 is 0.194 bits per heavy atom. The molecule has 668 valence electrons. The Morgan fingerprint density at radius 2 is 0.537 bits per heavy atom. The Labute approximate surface area is 767 Å². The summed E-state index contributed by atoms with van der Waals surface area (Å²) < 4.78 is 171. The van der Waals surface area contributed by atoms with Crippen LogP contribution in [-0.4, -0.2) is 0 Å². The summed E-state index contributed by atoms with van der Waals surface area (Å²) in [7, 11) is 9.84. The fraction of sp³-hybridized carbons (Fsp3) is 0.157. The van der Waals surface area contributed by atoms with Gasteiger partial charge >= 0.3 is 0 Å². The molecule has 10 heterocycles. The van der Waals surface area contributed by atoms with Gasteiger partial charge in [0.2, 0.25) is 28.5 Å². The first-order valence-electron chi connectivity index (χ1n) is 44.0. The third-order valence-corrected chi connectivity index (χ3v) is 25.4. The normalized spacial score (nSPS) is 11.5. The van der Waals surface area contributed by atoms with Crippen molar-refractivity contribution in [3.8, 4) is 78.5 Å². The van der Waals surface area contributed by atoms with Gasteiger partial charge in [-0.25, -0.2) is 62.3 Å². The SMILES string of the molecule is Cc1cc[n+](C)c(-c2c(C)cc(C)c3c2oc2cc(F)cc(F)c23)c1.Cc1cc[n+](C)c(-c2c(C)cc(F)c3c2oc2cc(F)c(C)cc23)c1.Cc1cc[n+](C)c(-c2c(C)cc(F)c3c2oc2cc(F)cc(C)c23)c1.Cc1cc[n+](C)c(-c2c(C)ccc3c2oc2c(-c4ccccc4)c(F)cc(F)c23)c1.Cc1cc[n+](C)c(-c2c(C)ccc3c2oc2c(-c4ccccc4)c(F)ccc23)c1. The van der Waals surface area contributed by atoms with E-state index in [1.54, 1.807) is 32.0 Å². The molecule has 0 amide bonds. The Hall–Kier alpha value is -15.2. The number of rotatable bonds is 7. The molecule has 19 heteroatoms. The summed E-state index contributed by atoms with van der Waals surface area (Å²) in [6.07, 6.45) is 9.96. The highest BCUT2D eigenvalue weighted by molar-refractivity contribution is 6.17. The molecule has 0 fully saturated rings. The minimum atomic E-state index is -0.638. The highest BCUT2D eigenvalue weighted by atomic mass is 19.2. The van der Waals surface area contributed by atoms with Crippen molar-refractivity contribution in [2.24, 2.45) is 35.2 Å². The quantitative estimate of drug-likeness (QED) is 0.117. The van der Waals surface area contributed by atoms with Crippen molar-refractivity contribution in [1.82, 2.24) is 0 Å². The second-order valence-corrected chi connectivity index (χ2v) is 35.3. The summed E-state index contributed by atoms with van der Waals surface area (Å²) in [6.45, 7) is 25.3. The summed E-state index contributed by atoms with van der Waals surface area (Å²) in [6, 6.07) is 64.5. The van der Waals surface area contributed by atoms with Gasteiger partial charge in [-0.05, 0) is 210 Å². The van der Waals surface area contributed by atoms with Crippen molar-refractivity contribution in [2.45, 2.75) is 90.0 Å². The number of pyridine rings is 5. The van der Waals surface area contributed by atoms with Crippen LogP contribution in [0.3, 0.4) is 0 Å². The van der Waals surface area contributed by atoms with Crippen LogP contribution in [0, 0.1) is 142 Å². The zero-order chi connectivity index (χ0) is 94.7. The van der Waals surface area contributed by atoms with E-state index in [4.69, 9.17) is 22.1 Å². The van der Waals surface area contributed by atoms with E-state index in [0.29, 0.717) is 104 Å². The molecule has 0 aliphatic heterocycles. The van der Waals surface area contributed by atoms with E-state index in [9.17, 15) is 39.5 Å². The lowest BCUT2D eigenvalue weighted by Gasteiger charge is -2.08. The van der Waals surface area contributed by atoms with Gasteiger partial charge in [-0.3, -0.25) is 0 Å². The summed E-state index contributed by atoms with van der Waals surface area (Å²) in [5, 5.41) is 5.96. The van der Waals surface area contributed by atoms with Gasteiger partial charge in [0, 0.05) is 123 Å². The number of aryl methyl sites for hydroxylation is 18. The standard InChI is InChI=1S/C26H20F2NO.C26H21FNO.3C21H18F2NO/c1-15-11-12-29(3)21(13-15)22-16(2)9-10-18-24-20(28)14-19(27)23(26(24)30-25(18)22)17-7-5-4-6-8-17;1-16-13-14-28(3)22(15-16)23-17(2)9-10-19-20-11-12-21(27)24(26(20)29-25(19)23)18-7-5-4-6-8-18;1-11-5-6-24(4)17(7-11)19-13(3)9-16(23)20-14-8-12(2)15(22)10-18(14)25-21(19)20;1-11-5-6-24(4)16(7-11)18-13(3)9-15(23)20-19-12(2)8-14(22)10-17(19)25-21(18)20;1-11-5-6-24(4)16(7-11)18-12(2)8-13(3)19-20-15(23)9-14(22)10-17(20)25-21(18)19/h4-14H,1-3H3;4-15H,1-3H3;3*5-10H,1-4H3/q5*+1. The third-order valence-electron chi connectivity index (χ3n) is 25.4. The molecule has 0 aliphatic rings. The molecule has 134 heavy (non-hydrogen) atoms. The monoisotopic (exact) mass is 1800 g/mol. The van der Waals surface area contributed by atoms with Crippen molar-refractivity contribution < 1.29 is 84.4 Å². The molecular weight excluding hydrogens is 1700 g/mol. The summed E-state index contributed by atoms with van der Waals surface area (Å²) in [5.41, 5.74) is 28.7. The van der Waals surface area contributed by atoms with Crippen molar-refractivity contribution in [2.75, 3.05) is 0 Å². The van der Waals surface area contributed by atoms with Gasteiger partial charge in [-0.2, -0.15) is 0 Å². The number of halogens is 9. The maximum Gasteiger partial charge on any atom is 0.216 e. The number of hydrogen-bond donors (Lipinski definition) is 0. The largest absolute Gasteiger partial charge is 0.455 e. The van der Waals surface area contributed by atoms with Crippen LogP contribution in [-0.2, 0) is 35.2 Å². The number of benzene rings is 12. The van der Waals surface area contributed by atoms with E-state index >= 15 is 0 Å². The molecule has 10 aromatic heterocycles. The molecular formula is C115H95F9N5O5+5. The first kappa shape index (κ1) is 89.4. The average Bonchev–Trinajstić information content (AvgIpc) is 1.62. The molecule has 0 spiro atoms. The number of nitrogens with zero attached hydrogens (tertiary/aromatic N) is 5. The fourth-order valence-corrected chi connectivity index (χ4v) is 18.8. The van der Waals surface area contributed by atoms with Gasteiger partial charge in [-0.15, -0.1) is 0 Å². The number of fused-ring (bicyclic) bond motifs is 15. The van der Waals surface area contributed by atoms with Crippen LogP contribution in [0.5, 0.6) is 0 Å². The zero-order valence-corrected chi connectivity index (χ0v) is 77.4. The van der Waals surface area contributed by atoms with Gasteiger partial charge in [0.25, 0.3) is 0 Å². The van der Waals surface area contributed by atoms with Gasteiger partial charge in [-0.1, -0.05) is 91.0 Å². The second-order valence-electron chi connectivity index (χ2n) is 35.3. The fourth-order valence-electron chi connectivity index (χ4n) is 18.8. The smallest absolute Gasteiger partial charge is 0.216 e.